The van der Waals surface area contributed by atoms with Crippen LogP contribution in [0, 0.1) is 24.1 Å². The zero-order chi connectivity index (χ0) is 28.8. The van der Waals surface area contributed by atoms with Crippen LogP contribution in [0.2, 0.25) is 5.02 Å². The second kappa shape index (κ2) is 10.6. The van der Waals surface area contributed by atoms with Crippen LogP contribution in [-0.2, 0) is 19.8 Å². The first kappa shape index (κ1) is 27.7. The van der Waals surface area contributed by atoms with Gasteiger partial charge in [0.2, 0.25) is 5.62 Å². The molecule has 2 N–H and O–H groups in total. The molecular formula is C30H27ClF4N4O. The molecule has 0 spiro atoms. The van der Waals surface area contributed by atoms with Crippen molar-refractivity contribution in [3.05, 3.63) is 111 Å². The molecule has 1 aromatic heterocycles. The number of rotatable bonds is 7. The van der Waals surface area contributed by atoms with E-state index in [9.17, 15) is 22.4 Å². The molecule has 0 radical (unpaired) electrons. The molecule has 5 nitrogen and oxygen atoms in total. The van der Waals surface area contributed by atoms with Crippen LogP contribution in [0.1, 0.15) is 51.5 Å². The van der Waals surface area contributed by atoms with Gasteiger partial charge in [0.05, 0.1) is 18.2 Å². The number of hydrogen-bond donors (Lipinski definition) is 2. The number of carbonyl (C=O) groups excluding carboxylic acids is 1. The number of aromatic nitrogens is 2. The van der Waals surface area contributed by atoms with Crippen LogP contribution in [0.15, 0.2) is 67.0 Å². The van der Waals surface area contributed by atoms with E-state index in [4.69, 9.17) is 17.0 Å². The van der Waals surface area contributed by atoms with Gasteiger partial charge in [0.15, 0.2) is 0 Å². The van der Waals surface area contributed by atoms with Gasteiger partial charge in [-0.3, -0.25) is 10.2 Å². The van der Waals surface area contributed by atoms with Gasteiger partial charge < -0.3 is 14.5 Å². The van der Waals surface area contributed by atoms with Crippen molar-refractivity contribution in [3.8, 4) is 11.1 Å². The zero-order valence-electron chi connectivity index (χ0n) is 21.8. The van der Waals surface area contributed by atoms with Crippen LogP contribution in [0.5, 0.6) is 0 Å². The summed E-state index contributed by atoms with van der Waals surface area (Å²) >= 11 is 6.20. The highest BCUT2D eigenvalue weighted by Crippen LogP contribution is 2.42. The second-order valence-corrected chi connectivity index (χ2v) is 10.7. The summed E-state index contributed by atoms with van der Waals surface area (Å²) in [5, 5.41) is 11.9. The monoisotopic (exact) mass is 570 g/mol. The first-order valence-corrected chi connectivity index (χ1v) is 13.1. The van der Waals surface area contributed by atoms with Crippen molar-refractivity contribution in [3.63, 3.8) is 0 Å². The van der Waals surface area contributed by atoms with Crippen LogP contribution >= 0.6 is 11.6 Å². The van der Waals surface area contributed by atoms with Crippen molar-refractivity contribution in [2.45, 2.75) is 38.5 Å². The number of benzene rings is 3. The lowest BCUT2D eigenvalue weighted by molar-refractivity contribution is -0.137. The van der Waals surface area contributed by atoms with E-state index >= 15 is 0 Å². The molecule has 1 fully saturated rings. The topological polar surface area (TPSA) is 62.8 Å². The van der Waals surface area contributed by atoms with Crippen molar-refractivity contribution >= 4 is 17.5 Å². The Morgan fingerprint density at radius 2 is 1.85 bits per heavy atom. The van der Waals surface area contributed by atoms with Gasteiger partial charge in [0.25, 0.3) is 5.91 Å². The lowest BCUT2D eigenvalue weighted by Gasteiger charge is -2.21. The van der Waals surface area contributed by atoms with E-state index in [1.807, 2.05) is 19.1 Å². The molecule has 1 amide bonds. The number of hydrogen-bond acceptors (Lipinski definition) is 2. The summed E-state index contributed by atoms with van der Waals surface area (Å²) in [4.78, 5) is 13.6. The third-order valence-electron chi connectivity index (χ3n) is 7.20. The number of amides is 1. The Hall–Kier alpha value is -3.85. The van der Waals surface area contributed by atoms with Crippen molar-refractivity contribution in [2.75, 3.05) is 0 Å². The third-order valence-corrected chi connectivity index (χ3v) is 7.63. The summed E-state index contributed by atoms with van der Waals surface area (Å²) < 4.78 is 58.8. The summed E-state index contributed by atoms with van der Waals surface area (Å²) in [6.07, 6.45) is 0.455. The van der Waals surface area contributed by atoms with Crippen LogP contribution in [0.25, 0.3) is 11.1 Å². The number of alkyl halides is 3. The van der Waals surface area contributed by atoms with Gasteiger partial charge in [-0.05, 0) is 89.9 Å². The highest BCUT2D eigenvalue weighted by Gasteiger charge is 2.35. The van der Waals surface area contributed by atoms with E-state index in [0.717, 1.165) is 36.1 Å². The predicted molar refractivity (Wildman–Crippen MR) is 144 cm³/mol. The fraction of sp³-hybridized carbons (Fsp3) is 0.267. The zero-order valence-corrected chi connectivity index (χ0v) is 22.6. The number of nitrogens with zero attached hydrogens (tertiary/aromatic N) is 2. The van der Waals surface area contributed by atoms with Gasteiger partial charge >= 0.3 is 6.18 Å². The largest absolute Gasteiger partial charge is 0.417 e. The summed E-state index contributed by atoms with van der Waals surface area (Å²) in [7, 11) is 1.71. The molecule has 10 heteroatoms. The lowest BCUT2D eigenvalue weighted by atomic mass is 9.94. The maximum atomic E-state index is 13.9. The van der Waals surface area contributed by atoms with Crippen LogP contribution < -0.4 is 10.9 Å². The molecule has 1 atom stereocenters. The number of carbonyl (C=O) groups is 1. The Morgan fingerprint density at radius 3 is 2.48 bits per heavy atom. The minimum atomic E-state index is -4.80. The maximum absolute atomic E-state index is 13.9. The molecule has 4 aromatic rings. The number of imidazole rings is 1. The van der Waals surface area contributed by atoms with E-state index in [2.05, 4.69) is 5.32 Å². The standard InChI is InChI=1S/C30H27ClF4N4O/c1-17-11-20(5-8-26(17)31)27(19-3-4-19)37-28(40)22-13-18(16-39-10-9-38(2)29(39)36)12-21(14-22)24-7-6-23(32)15-25(24)30(33,34)35/h5-15,19,27,36H,3-4,16H2,1-2H3,(H,37,40)/t27-/m0/s1. The van der Waals surface area contributed by atoms with Gasteiger partial charge in [-0.25, -0.2) is 4.39 Å². The second-order valence-electron chi connectivity index (χ2n) is 10.3. The van der Waals surface area contributed by atoms with Crippen LogP contribution in [-0.4, -0.2) is 15.0 Å². The van der Waals surface area contributed by atoms with Crippen LogP contribution in [0.3, 0.4) is 0 Å². The molecule has 1 heterocycles. The minimum Gasteiger partial charge on any atom is -0.345 e. The Balaban J connectivity index is 1.57. The number of halogens is 5. The van der Waals surface area contributed by atoms with Gasteiger partial charge in [-0.2, -0.15) is 13.2 Å². The highest BCUT2D eigenvalue weighted by molar-refractivity contribution is 6.31. The molecule has 1 aliphatic rings. The van der Waals surface area contributed by atoms with Gasteiger partial charge in [-0.1, -0.05) is 29.8 Å². The molecule has 1 saturated carbocycles. The molecular weight excluding hydrogens is 544 g/mol. The van der Waals surface area contributed by atoms with Gasteiger partial charge in [-0.15, -0.1) is 0 Å². The van der Waals surface area contributed by atoms with Crippen molar-refractivity contribution in [1.82, 2.24) is 14.5 Å². The fourth-order valence-corrected chi connectivity index (χ4v) is 5.03. The fourth-order valence-electron chi connectivity index (χ4n) is 4.91. The minimum absolute atomic E-state index is 0.128. The summed E-state index contributed by atoms with van der Waals surface area (Å²) in [5.41, 5.74) is 1.43. The Labute approximate surface area is 233 Å². The Kier molecular flexibility index (Phi) is 7.35. The van der Waals surface area contributed by atoms with Crippen molar-refractivity contribution < 1.29 is 22.4 Å². The average Bonchev–Trinajstić information content (AvgIpc) is 3.70. The highest BCUT2D eigenvalue weighted by atomic mass is 35.5. The molecule has 1 aliphatic carbocycles. The van der Waals surface area contributed by atoms with Crippen LogP contribution in [0.4, 0.5) is 17.6 Å². The molecule has 208 valence electrons. The Morgan fingerprint density at radius 1 is 1.10 bits per heavy atom. The van der Waals surface area contributed by atoms with Crippen molar-refractivity contribution in [2.24, 2.45) is 13.0 Å². The summed E-state index contributed by atoms with van der Waals surface area (Å²) in [5.74, 6) is -1.20. The van der Waals surface area contributed by atoms with E-state index in [0.29, 0.717) is 16.7 Å². The van der Waals surface area contributed by atoms with E-state index in [-0.39, 0.29) is 40.8 Å². The number of aryl methyl sites for hydroxylation is 2. The lowest BCUT2D eigenvalue weighted by Crippen LogP contribution is -2.30. The smallest absolute Gasteiger partial charge is 0.345 e. The summed E-state index contributed by atoms with van der Waals surface area (Å²) in [6.45, 7) is 2.04. The first-order valence-electron chi connectivity index (χ1n) is 12.7. The van der Waals surface area contributed by atoms with Gasteiger partial charge in [0.1, 0.15) is 5.82 Å². The molecule has 0 aliphatic heterocycles. The van der Waals surface area contributed by atoms with E-state index in [1.54, 1.807) is 46.8 Å². The van der Waals surface area contributed by atoms with E-state index in [1.165, 1.54) is 6.07 Å². The van der Waals surface area contributed by atoms with Gasteiger partial charge in [0, 0.05) is 30.0 Å². The molecule has 0 unspecified atom stereocenters. The first-order chi connectivity index (χ1) is 18.9. The molecule has 5 rings (SSSR count). The summed E-state index contributed by atoms with van der Waals surface area (Å²) in [6, 6.07) is 12.4. The quantitative estimate of drug-likeness (QED) is 0.230. The van der Waals surface area contributed by atoms with E-state index < -0.39 is 23.5 Å². The Bertz CT molecular complexity index is 1650. The third kappa shape index (κ3) is 5.84. The predicted octanol–water partition coefficient (Wildman–Crippen LogP) is 7.02. The molecule has 3 aromatic carbocycles. The average molecular weight is 571 g/mol. The number of nitrogens with one attached hydrogen (secondary N) is 2. The SMILES string of the molecule is Cc1cc([C@@H](NC(=O)c2cc(Cn3ccn(C)c3=N)cc(-c3ccc(F)cc3C(F)(F)F)c2)C2CC2)ccc1Cl. The normalized spacial score (nSPS) is 14.3. The molecule has 40 heavy (non-hydrogen) atoms. The molecule has 0 bridgehead atoms. The van der Waals surface area contributed by atoms with Crippen molar-refractivity contribution in [1.29, 1.82) is 5.41 Å². The molecule has 0 saturated heterocycles. The maximum Gasteiger partial charge on any atom is 0.417 e.